The van der Waals surface area contributed by atoms with Gasteiger partial charge in [0, 0.05) is 22.3 Å². The zero-order valence-electron chi connectivity index (χ0n) is 23.9. The van der Waals surface area contributed by atoms with Gasteiger partial charge < -0.3 is 14.0 Å². The third-order valence-corrected chi connectivity index (χ3v) is 8.95. The van der Waals surface area contributed by atoms with Crippen molar-refractivity contribution in [3.63, 3.8) is 0 Å². The molecule has 0 N–H and O–H groups in total. The van der Waals surface area contributed by atoms with Gasteiger partial charge in [0.1, 0.15) is 5.75 Å². The van der Waals surface area contributed by atoms with Crippen LogP contribution in [0.5, 0.6) is 5.75 Å². The van der Waals surface area contributed by atoms with Crippen molar-refractivity contribution in [2.24, 2.45) is 0 Å². The first-order valence-corrected chi connectivity index (χ1v) is 14.3. The van der Waals surface area contributed by atoms with Gasteiger partial charge in [-0.15, -0.1) is 0 Å². The largest absolute Gasteiger partial charge is 0.494 e. The second kappa shape index (κ2) is 9.48. The molecular formula is C37H33BO3. The molecule has 4 heteroatoms. The minimum atomic E-state index is -0.782. The van der Waals surface area contributed by atoms with Gasteiger partial charge in [0.05, 0.1) is 11.2 Å². The van der Waals surface area contributed by atoms with E-state index in [-0.39, 0.29) is 11.2 Å². The van der Waals surface area contributed by atoms with E-state index >= 15 is 0 Å². The summed E-state index contributed by atoms with van der Waals surface area (Å²) in [5.74, 6) is 0.856. The lowest BCUT2D eigenvalue weighted by Crippen LogP contribution is -2.41. The summed E-state index contributed by atoms with van der Waals surface area (Å²) >= 11 is 0. The van der Waals surface area contributed by atoms with Gasteiger partial charge in [0.2, 0.25) is 0 Å². The Labute approximate surface area is 242 Å². The van der Waals surface area contributed by atoms with E-state index in [1.165, 1.54) is 5.56 Å². The molecule has 5 aromatic carbocycles. The highest BCUT2D eigenvalue weighted by Crippen LogP contribution is 2.52. The van der Waals surface area contributed by atoms with Crippen molar-refractivity contribution in [3.05, 3.63) is 144 Å². The Morgan fingerprint density at radius 3 is 1.76 bits per heavy atom. The van der Waals surface area contributed by atoms with Crippen molar-refractivity contribution < 1.29 is 14.0 Å². The monoisotopic (exact) mass is 536 g/mol. The Hall–Kier alpha value is -4.12. The minimum Gasteiger partial charge on any atom is -0.472 e. The quantitative estimate of drug-likeness (QED) is 0.218. The molecule has 0 amide bonds. The number of fused-ring (bicyclic) bond motifs is 3. The smallest absolute Gasteiger partial charge is 0.472 e. The summed E-state index contributed by atoms with van der Waals surface area (Å²) in [5, 5.41) is 0. The summed E-state index contributed by atoms with van der Waals surface area (Å²) in [4.78, 5) is 0. The first-order valence-electron chi connectivity index (χ1n) is 14.3. The van der Waals surface area contributed by atoms with Gasteiger partial charge in [-0.2, -0.15) is 0 Å². The maximum atomic E-state index is 7.22. The number of ether oxygens (including phenoxy) is 1. The van der Waals surface area contributed by atoms with E-state index in [2.05, 4.69) is 155 Å². The molecule has 0 aromatic heterocycles. The molecule has 202 valence electrons. The first kappa shape index (κ1) is 25.8. The molecular weight excluding hydrogens is 503 g/mol. The fraction of sp³-hybridized carbons (Fsp3) is 0.189. The SMILES string of the molecule is CC1(C)OB(c2cccc(-c3ccc4c(c3)OC(c3ccccc3)(c3ccccc3)c3ccccc3-4)c2)OC1(C)C. The molecule has 0 aliphatic carbocycles. The average molecular weight is 536 g/mol. The summed E-state index contributed by atoms with van der Waals surface area (Å²) in [6.07, 6.45) is 0. The summed E-state index contributed by atoms with van der Waals surface area (Å²) in [5.41, 5.74) is 7.22. The van der Waals surface area contributed by atoms with Gasteiger partial charge in [-0.25, -0.2) is 0 Å². The standard InChI is InChI=1S/C37H33BO3/c1-35(2)36(3,4)41-38(40-35)30-19-13-14-26(24-30)27-22-23-32-31-20-11-12-21-33(31)37(39-34(32)25-27,28-15-7-5-8-16-28)29-17-9-6-10-18-29/h5-25H,1-4H3. The van der Waals surface area contributed by atoms with Crippen molar-refractivity contribution >= 4 is 12.6 Å². The number of rotatable bonds is 4. The van der Waals surface area contributed by atoms with E-state index < -0.39 is 12.7 Å². The molecule has 0 unspecified atom stereocenters. The maximum absolute atomic E-state index is 7.22. The average Bonchev–Trinajstić information content (AvgIpc) is 3.23. The number of hydrogen-bond donors (Lipinski definition) is 0. The van der Waals surface area contributed by atoms with E-state index in [0.29, 0.717) is 0 Å². The Morgan fingerprint density at radius 2 is 1.10 bits per heavy atom. The molecule has 3 nitrogen and oxygen atoms in total. The second-order valence-electron chi connectivity index (χ2n) is 12.0. The predicted octanol–water partition coefficient (Wildman–Crippen LogP) is 8.00. The predicted molar refractivity (Wildman–Crippen MR) is 166 cm³/mol. The molecule has 2 aliphatic heterocycles. The molecule has 0 spiro atoms. The van der Waals surface area contributed by atoms with Crippen molar-refractivity contribution in [1.82, 2.24) is 0 Å². The van der Waals surface area contributed by atoms with E-state index in [1.54, 1.807) is 0 Å². The van der Waals surface area contributed by atoms with Crippen molar-refractivity contribution in [3.8, 4) is 28.0 Å². The Balaban J connectivity index is 1.36. The third kappa shape index (κ3) is 4.13. The lowest BCUT2D eigenvalue weighted by molar-refractivity contribution is 0.00578. The minimum absolute atomic E-state index is 0.390. The van der Waals surface area contributed by atoms with Crippen molar-refractivity contribution in [2.45, 2.75) is 44.5 Å². The van der Waals surface area contributed by atoms with Crippen LogP contribution in [0.3, 0.4) is 0 Å². The molecule has 0 bridgehead atoms. The molecule has 1 fully saturated rings. The highest BCUT2D eigenvalue weighted by Gasteiger charge is 2.51. The van der Waals surface area contributed by atoms with Crippen LogP contribution >= 0.6 is 0 Å². The second-order valence-corrected chi connectivity index (χ2v) is 12.0. The van der Waals surface area contributed by atoms with Gasteiger partial charge in [0.25, 0.3) is 0 Å². The summed E-state index contributed by atoms with van der Waals surface area (Å²) in [6.45, 7) is 8.34. The number of benzene rings is 5. The van der Waals surface area contributed by atoms with Gasteiger partial charge in [0.15, 0.2) is 5.60 Å². The number of hydrogen-bond acceptors (Lipinski definition) is 3. The van der Waals surface area contributed by atoms with Gasteiger partial charge in [-0.1, -0.05) is 121 Å². The van der Waals surface area contributed by atoms with Gasteiger partial charge in [-0.05, 0) is 55.9 Å². The fourth-order valence-corrected chi connectivity index (χ4v) is 6.04. The van der Waals surface area contributed by atoms with Crippen LogP contribution in [0, 0.1) is 0 Å². The first-order chi connectivity index (χ1) is 19.8. The Morgan fingerprint density at radius 1 is 0.512 bits per heavy atom. The van der Waals surface area contributed by atoms with Crippen LogP contribution in [-0.2, 0) is 14.9 Å². The van der Waals surface area contributed by atoms with E-state index in [1.807, 2.05) is 0 Å². The zero-order valence-corrected chi connectivity index (χ0v) is 23.9. The van der Waals surface area contributed by atoms with Crippen molar-refractivity contribution in [2.75, 3.05) is 0 Å². The zero-order chi connectivity index (χ0) is 28.2. The van der Waals surface area contributed by atoms with Gasteiger partial charge in [-0.3, -0.25) is 0 Å². The lowest BCUT2D eigenvalue weighted by Gasteiger charge is -2.41. The van der Waals surface area contributed by atoms with E-state index in [4.69, 9.17) is 14.0 Å². The summed E-state index contributed by atoms with van der Waals surface area (Å²) in [6, 6.07) is 44.7. The topological polar surface area (TPSA) is 27.7 Å². The van der Waals surface area contributed by atoms with Crippen LogP contribution in [0.4, 0.5) is 0 Å². The van der Waals surface area contributed by atoms with Crippen LogP contribution < -0.4 is 10.2 Å². The molecule has 0 radical (unpaired) electrons. The third-order valence-electron chi connectivity index (χ3n) is 8.95. The van der Waals surface area contributed by atoms with Crippen LogP contribution in [-0.4, -0.2) is 18.3 Å². The molecule has 5 aromatic rings. The molecule has 2 heterocycles. The van der Waals surface area contributed by atoms with E-state index in [9.17, 15) is 0 Å². The van der Waals surface area contributed by atoms with Crippen LogP contribution in [0.15, 0.2) is 127 Å². The summed E-state index contributed by atoms with van der Waals surface area (Å²) < 4.78 is 19.9. The lowest BCUT2D eigenvalue weighted by atomic mass is 9.75. The molecule has 7 rings (SSSR count). The highest BCUT2D eigenvalue weighted by molar-refractivity contribution is 6.62. The molecule has 2 aliphatic rings. The van der Waals surface area contributed by atoms with Crippen molar-refractivity contribution in [1.29, 1.82) is 0 Å². The highest BCUT2D eigenvalue weighted by atomic mass is 16.7. The summed E-state index contributed by atoms with van der Waals surface area (Å²) in [7, 11) is -0.412. The van der Waals surface area contributed by atoms with Crippen LogP contribution in [0.1, 0.15) is 44.4 Å². The maximum Gasteiger partial charge on any atom is 0.494 e. The normalized spacial score (nSPS) is 17.8. The van der Waals surface area contributed by atoms with E-state index in [0.717, 1.165) is 44.6 Å². The van der Waals surface area contributed by atoms with Gasteiger partial charge >= 0.3 is 7.12 Å². The Bertz CT molecular complexity index is 1670. The molecule has 0 saturated carbocycles. The fourth-order valence-electron chi connectivity index (χ4n) is 6.04. The molecule has 41 heavy (non-hydrogen) atoms. The van der Waals surface area contributed by atoms with Crippen LogP contribution in [0.25, 0.3) is 22.3 Å². The Kier molecular flexibility index (Phi) is 5.97. The molecule has 0 atom stereocenters. The molecule has 1 saturated heterocycles. The van der Waals surface area contributed by atoms with Crippen LogP contribution in [0.2, 0.25) is 0 Å².